The highest BCUT2D eigenvalue weighted by atomic mass is 16.5. The van der Waals surface area contributed by atoms with Gasteiger partial charge in [0.05, 0.1) is 7.11 Å². The minimum atomic E-state index is 0.291. The van der Waals surface area contributed by atoms with Gasteiger partial charge in [0.25, 0.3) is 0 Å². The van der Waals surface area contributed by atoms with E-state index < -0.39 is 0 Å². The van der Waals surface area contributed by atoms with Gasteiger partial charge in [-0.3, -0.25) is 4.79 Å². The summed E-state index contributed by atoms with van der Waals surface area (Å²) < 4.78 is 5.16. The van der Waals surface area contributed by atoms with Crippen LogP contribution in [0.5, 0.6) is 5.75 Å². The largest absolute Gasteiger partial charge is 0.497 e. The van der Waals surface area contributed by atoms with Gasteiger partial charge < -0.3 is 4.74 Å². The maximum absolute atomic E-state index is 12.4. The van der Waals surface area contributed by atoms with E-state index in [-0.39, 0.29) is 0 Å². The highest BCUT2D eigenvalue weighted by Crippen LogP contribution is 2.38. The van der Waals surface area contributed by atoms with E-state index in [4.69, 9.17) is 4.74 Å². The zero-order valence-corrected chi connectivity index (χ0v) is 15.6. The minimum Gasteiger partial charge on any atom is -0.497 e. The van der Waals surface area contributed by atoms with Crippen molar-refractivity contribution in [2.24, 2.45) is 5.92 Å². The van der Waals surface area contributed by atoms with Crippen LogP contribution in [0.4, 0.5) is 0 Å². The number of benzene rings is 2. The SMILES string of the molecule is CCC1C(CCC(=O)Cc2ccc(OC)cc2)=CC=C1c1ccccc1. The first kappa shape index (κ1) is 18.2. The Morgan fingerprint density at radius 1 is 1.00 bits per heavy atom. The van der Waals surface area contributed by atoms with Gasteiger partial charge in [-0.15, -0.1) is 0 Å². The maximum Gasteiger partial charge on any atom is 0.137 e. The van der Waals surface area contributed by atoms with Crippen molar-refractivity contribution < 1.29 is 9.53 Å². The first-order chi connectivity index (χ1) is 12.7. The van der Waals surface area contributed by atoms with Gasteiger partial charge in [0.2, 0.25) is 0 Å². The van der Waals surface area contributed by atoms with E-state index in [1.165, 1.54) is 16.7 Å². The van der Waals surface area contributed by atoms with E-state index in [1.807, 2.05) is 30.3 Å². The van der Waals surface area contributed by atoms with Crippen molar-refractivity contribution >= 4 is 11.4 Å². The number of Topliss-reactive ketones (excluding diaryl/α,β-unsaturated/α-hetero) is 1. The molecule has 3 rings (SSSR count). The first-order valence-corrected chi connectivity index (χ1v) is 9.32. The lowest BCUT2D eigenvalue weighted by Crippen LogP contribution is -2.07. The number of allylic oxidation sites excluding steroid dienone is 4. The summed E-state index contributed by atoms with van der Waals surface area (Å²) in [4.78, 5) is 12.4. The molecule has 2 heteroatoms. The third kappa shape index (κ3) is 4.32. The molecular weight excluding hydrogens is 320 g/mol. The molecule has 0 aliphatic heterocycles. The third-order valence-electron chi connectivity index (χ3n) is 5.07. The molecule has 0 N–H and O–H groups in total. The summed E-state index contributed by atoms with van der Waals surface area (Å²) in [7, 11) is 1.65. The number of ketones is 1. The number of rotatable bonds is 8. The van der Waals surface area contributed by atoms with Gasteiger partial charge >= 0.3 is 0 Å². The Kier molecular flexibility index (Phi) is 6.06. The quantitative estimate of drug-likeness (QED) is 0.618. The number of ether oxygens (including phenoxy) is 1. The first-order valence-electron chi connectivity index (χ1n) is 9.32. The van der Waals surface area contributed by atoms with Gasteiger partial charge in [-0.1, -0.05) is 67.1 Å². The fourth-order valence-corrected chi connectivity index (χ4v) is 3.64. The molecule has 0 bridgehead atoms. The number of hydrogen-bond acceptors (Lipinski definition) is 2. The molecule has 2 nitrogen and oxygen atoms in total. The lowest BCUT2D eigenvalue weighted by Gasteiger charge is -2.18. The van der Waals surface area contributed by atoms with Crippen LogP contribution in [-0.4, -0.2) is 12.9 Å². The fraction of sp³-hybridized carbons (Fsp3) is 0.292. The molecule has 1 unspecified atom stereocenters. The number of hydrogen-bond donors (Lipinski definition) is 0. The molecule has 134 valence electrons. The standard InChI is InChI=1S/C24H26O2/c1-3-23-20(12-16-24(23)19-7-5-4-6-8-19)11-13-21(25)17-18-9-14-22(26-2)15-10-18/h4-10,12,14-16,23H,3,11,13,17H2,1-2H3. The topological polar surface area (TPSA) is 26.3 Å². The molecule has 0 heterocycles. The van der Waals surface area contributed by atoms with Crippen LogP contribution in [0.15, 0.2) is 72.3 Å². The fourth-order valence-electron chi connectivity index (χ4n) is 3.64. The molecule has 26 heavy (non-hydrogen) atoms. The zero-order valence-electron chi connectivity index (χ0n) is 15.6. The summed E-state index contributed by atoms with van der Waals surface area (Å²) in [6.45, 7) is 2.22. The Balaban J connectivity index is 1.55. The lowest BCUT2D eigenvalue weighted by molar-refractivity contribution is -0.118. The number of carbonyl (C=O) groups is 1. The lowest BCUT2D eigenvalue weighted by atomic mass is 9.86. The highest BCUT2D eigenvalue weighted by Gasteiger charge is 2.22. The van der Waals surface area contributed by atoms with E-state index in [2.05, 4.69) is 43.3 Å². The van der Waals surface area contributed by atoms with Gasteiger partial charge in [0, 0.05) is 18.8 Å². The molecule has 2 aromatic rings. The van der Waals surface area contributed by atoms with Crippen LogP contribution in [0.1, 0.15) is 37.3 Å². The van der Waals surface area contributed by atoms with Crippen LogP contribution in [-0.2, 0) is 11.2 Å². The van der Waals surface area contributed by atoms with Crippen LogP contribution in [0, 0.1) is 5.92 Å². The van der Waals surface area contributed by atoms with Gasteiger partial charge in [-0.05, 0) is 41.7 Å². The average Bonchev–Trinajstić information content (AvgIpc) is 3.10. The predicted octanol–water partition coefficient (Wildman–Crippen LogP) is 5.64. The Morgan fingerprint density at radius 3 is 2.38 bits per heavy atom. The van der Waals surface area contributed by atoms with E-state index >= 15 is 0 Å². The molecular formula is C24H26O2. The molecule has 0 saturated heterocycles. The zero-order chi connectivity index (χ0) is 18.4. The van der Waals surface area contributed by atoms with Crippen molar-refractivity contribution in [2.45, 2.75) is 32.6 Å². The molecule has 0 spiro atoms. The molecule has 0 fully saturated rings. The normalized spacial score (nSPS) is 16.2. The van der Waals surface area contributed by atoms with Gasteiger partial charge in [-0.25, -0.2) is 0 Å². The predicted molar refractivity (Wildman–Crippen MR) is 107 cm³/mol. The molecule has 1 aliphatic carbocycles. The minimum absolute atomic E-state index is 0.291. The summed E-state index contributed by atoms with van der Waals surface area (Å²) >= 11 is 0. The Hall–Kier alpha value is -2.61. The van der Waals surface area contributed by atoms with E-state index in [0.29, 0.717) is 24.5 Å². The molecule has 1 aliphatic rings. The van der Waals surface area contributed by atoms with Crippen LogP contribution < -0.4 is 4.74 Å². The number of carbonyl (C=O) groups excluding carboxylic acids is 1. The van der Waals surface area contributed by atoms with Gasteiger partial charge in [0.15, 0.2) is 0 Å². The molecule has 0 radical (unpaired) electrons. The molecule has 2 aromatic carbocycles. The van der Waals surface area contributed by atoms with Crippen molar-refractivity contribution in [1.29, 1.82) is 0 Å². The summed E-state index contributed by atoms with van der Waals surface area (Å²) in [5.74, 6) is 1.55. The smallest absolute Gasteiger partial charge is 0.137 e. The molecule has 1 atom stereocenters. The van der Waals surface area contributed by atoms with E-state index in [0.717, 1.165) is 24.2 Å². The van der Waals surface area contributed by atoms with Crippen LogP contribution in [0.25, 0.3) is 5.57 Å². The van der Waals surface area contributed by atoms with Crippen molar-refractivity contribution in [1.82, 2.24) is 0 Å². The van der Waals surface area contributed by atoms with E-state index in [1.54, 1.807) is 7.11 Å². The average molecular weight is 346 g/mol. The second-order valence-electron chi connectivity index (χ2n) is 6.75. The monoisotopic (exact) mass is 346 g/mol. The second-order valence-corrected chi connectivity index (χ2v) is 6.75. The summed E-state index contributed by atoms with van der Waals surface area (Å²) in [6.07, 6.45) is 7.46. The van der Waals surface area contributed by atoms with Crippen molar-refractivity contribution in [3.05, 3.63) is 83.4 Å². The van der Waals surface area contributed by atoms with Crippen LogP contribution >= 0.6 is 0 Å². The van der Waals surface area contributed by atoms with Gasteiger partial charge in [0.1, 0.15) is 11.5 Å². The van der Waals surface area contributed by atoms with Crippen LogP contribution in [0.2, 0.25) is 0 Å². The molecule has 0 saturated carbocycles. The Bertz CT molecular complexity index is 798. The van der Waals surface area contributed by atoms with Crippen molar-refractivity contribution in [3.63, 3.8) is 0 Å². The molecule has 0 amide bonds. The van der Waals surface area contributed by atoms with Gasteiger partial charge in [-0.2, -0.15) is 0 Å². The van der Waals surface area contributed by atoms with E-state index in [9.17, 15) is 4.79 Å². The molecule has 0 aromatic heterocycles. The second kappa shape index (κ2) is 8.66. The highest BCUT2D eigenvalue weighted by molar-refractivity contribution is 5.81. The van der Waals surface area contributed by atoms with Crippen molar-refractivity contribution in [3.8, 4) is 5.75 Å². The summed E-state index contributed by atoms with van der Waals surface area (Å²) in [5, 5.41) is 0. The summed E-state index contributed by atoms with van der Waals surface area (Å²) in [6, 6.07) is 18.3. The number of methoxy groups -OCH3 is 1. The van der Waals surface area contributed by atoms with Crippen LogP contribution in [0.3, 0.4) is 0 Å². The third-order valence-corrected chi connectivity index (χ3v) is 5.07. The Labute approximate surface area is 156 Å². The Morgan fingerprint density at radius 2 is 1.73 bits per heavy atom. The van der Waals surface area contributed by atoms with Crippen molar-refractivity contribution in [2.75, 3.05) is 7.11 Å². The maximum atomic E-state index is 12.4. The summed E-state index contributed by atoms with van der Waals surface area (Å²) in [5.41, 5.74) is 5.10.